The lowest BCUT2D eigenvalue weighted by Crippen LogP contribution is -2.47. The zero-order valence-electron chi connectivity index (χ0n) is 31.9. The van der Waals surface area contributed by atoms with Crippen LogP contribution in [-0.4, -0.2) is 117 Å². The van der Waals surface area contributed by atoms with Crippen molar-refractivity contribution in [2.45, 2.75) is 102 Å². The summed E-state index contributed by atoms with van der Waals surface area (Å²) in [4.78, 5) is 108. The van der Waals surface area contributed by atoms with Gasteiger partial charge >= 0.3 is 35.9 Å². The molecule has 0 aliphatic carbocycles. The predicted octanol–water partition coefficient (Wildman–Crippen LogP) is 0.346. The van der Waals surface area contributed by atoms with E-state index in [1.54, 1.807) is 24.3 Å². The first-order valence-corrected chi connectivity index (χ1v) is 19.1. The van der Waals surface area contributed by atoms with Gasteiger partial charge in [0, 0.05) is 44.6 Å². The van der Waals surface area contributed by atoms with Gasteiger partial charge in [0.2, 0.25) is 11.8 Å². The van der Waals surface area contributed by atoms with Crippen molar-refractivity contribution in [1.82, 2.24) is 31.9 Å². The molecule has 1 aromatic carbocycles. The average molecular weight is 839 g/mol. The van der Waals surface area contributed by atoms with Crippen molar-refractivity contribution in [2.75, 3.05) is 18.8 Å². The monoisotopic (exact) mass is 838 g/mol. The lowest BCUT2D eigenvalue weighted by molar-refractivity contribution is -0.144. The Balaban J connectivity index is 2.67. The third-order valence-electron chi connectivity index (χ3n) is 8.45. The average Bonchev–Trinajstić information content (AvgIpc) is 3.14. The number of carboxylic acids is 4. The Hall–Kier alpha value is -5.93. The SMILES string of the molecule is N=C(N)CCCC[C@H](NC(=O)Cc1ccc(CNC(=O)NCCCC[C@H](NC(=O)NCCCC(=O)O)C(=O)O)cc1)C(=O)C[C@@H](CC(=O)O)C(=O)N[C@@H](CS)C(=O)O. The largest absolute Gasteiger partial charge is 0.481 e. The highest BCUT2D eigenvalue weighted by Crippen LogP contribution is 2.16. The fraction of sp³-hybridized carbons (Fsp3) is 0.556. The van der Waals surface area contributed by atoms with Gasteiger partial charge in [-0.05, 0) is 49.7 Å². The van der Waals surface area contributed by atoms with E-state index >= 15 is 0 Å². The number of carboxylic acid groups (broad SMARTS) is 4. The standard InChI is InChI=1S/C36H54N8O13S/c37-28(38)8-2-1-6-24(27(45)17-23(18-31(49)50)32(51)43-26(20-58)34(54)55)42-29(46)16-21-10-12-22(13-11-21)19-41-35(56)39-14-4-3-7-25(33(52)53)44-36(57)40-15-5-9-30(47)48/h10-13,23-26,58H,1-9,14-20H2,(H3,37,38)(H,42,46)(H,43,51)(H,47,48)(H,49,50)(H,52,53)(H,54,55)(H2,39,41,56)(H2,40,44,57)/t23-,24-,25-,26-/m0/s1. The Kier molecular flexibility index (Phi) is 23.9. The maximum absolute atomic E-state index is 13.4. The smallest absolute Gasteiger partial charge is 0.327 e. The van der Waals surface area contributed by atoms with Crippen molar-refractivity contribution in [1.29, 1.82) is 5.41 Å². The number of unbranched alkanes of at least 4 members (excludes halogenated alkanes) is 2. The minimum absolute atomic E-state index is 0.0614. The number of benzene rings is 1. The Morgan fingerprint density at radius 1 is 0.638 bits per heavy atom. The van der Waals surface area contributed by atoms with E-state index in [0.29, 0.717) is 36.8 Å². The molecule has 6 amide bonds. The maximum Gasteiger partial charge on any atom is 0.327 e. The molecule has 21 nitrogen and oxygen atoms in total. The molecule has 1 rings (SSSR count). The van der Waals surface area contributed by atoms with E-state index in [1.807, 2.05) is 0 Å². The molecule has 0 aliphatic rings. The summed E-state index contributed by atoms with van der Waals surface area (Å²) in [6.07, 6.45) is 0.597. The summed E-state index contributed by atoms with van der Waals surface area (Å²) < 4.78 is 0. The van der Waals surface area contributed by atoms with Gasteiger partial charge in [-0.3, -0.25) is 29.4 Å². The zero-order valence-corrected chi connectivity index (χ0v) is 32.8. The Labute approximate surface area is 339 Å². The highest BCUT2D eigenvalue weighted by molar-refractivity contribution is 7.80. The van der Waals surface area contributed by atoms with Crippen LogP contribution in [0.1, 0.15) is 81.8 Å². The molecule has 58 heavy (non-hydrogen) atoms. The van der Waals surface area contributed by atoms with E-state index in [-0.39, 0.29) is 69.7 Å². The first-order chi connectivity index (χ1) is 27.4. The molecule has 4 atom stereocenters. The topological polar surface area (TPSA) is 357 Å². The van der Waals surface area contributed by atoms with Gasteiger partial charge in [-0.25, -0.2) is 19.2 Å². The van der Waals surface area contributed by atoms with Crippen molar-refractivity contribution in [2.24, 2.45) is 11.7 Å². The van der Waals surface area contributed by atoms with Crippen LogP contribution in [0.15, 0.2) is 24.3 Å². The third kappa shape index (κ3) is 22.6. The van der Waals surface area contributed by atoms with Crippen molar-refractivity contribution in [3.05, 3.63) is 35.4 Å². The number of aliphatic carboxylic acids is 4. The summed E-state index contributed by atoms with van der Waals surface area (Å²) in [6, 6.07) is 1.75. The van der Waals surface area contributed by atoms with Gasteiger partial charge in [0.1, 0.15) is 12.1 Å². The van der Waals surface area contributed by atoms with Crippen LogP contribution in [0.3, 0.4) is 0 Å². The highest BCUT2D eigenvalue weighted by Gasteiger charge is 2.31. The molecule has 0 aliphatic heterocycles. The second kappa shape index (κ2) is 27.6. The van der Waals surface area contributed by atoms with Crippen LogP contribution >= 0.6 is 12.6 Å². The van der Waals surface area contributed by atoms with E-state index in [2.05, 4.69) is 44.5 Å². The summed E-state index contributed by atoms with van der Waals surface area (Å²) in [5, 5.41) is 58.9. The number of rotatable bonds is 30. The Morgan fingerprint density at radius 3 is 1.81 bits per heavy atom. The van der Waals surface area contributed by atoms with Crippen molar-refractivity contribution in [3.63, 3.8) is 0 Å². The quantitative estimate of drug-likeness (QED) is 0.0215. The summed E-state index contributed by atoms with van der Waals surface area (Å²) in [7, 11) is 0. The van der Waals surface area contributed by atoms with Gasteiger partial charge in [0.05, 0.1) is 30.6 Å². The number of ketones is 1. The minimum atomic E-state index is -1.42. The second-order valence-corrected chi connectivity index (χ2v) is 13.7. The number of urea groups is 2. The number of thiol groups is 1. The normalized spacial score (nSPS) is 12.7. The number of hydrogen-bond donors (Lipinski definition) is 13. The van der Waals surface area contributed by atoms with Crippen LogP contribution in [0.5, 0.6) is 0 Å². The molecule has 0 bridgehead atoms. The second-order valence-electron chi connectivity index (χ2n) is 13.3. The molecule has 0 saturated carbocycles. The van der Waals surface area contributed by atoms with E-state index in [1.165, 1.54) is 0 Å². The van der Waals surface area contributed by atoms with Gasteiger partial charge in [0.15, 0.2) is 5.78 Å². The molecule has 0 spiro atoms. The molecule has 0 aromatic heterocycles. The van der Waals surface area contributed by atoms with Crippen molar-refractivity contribution < 1.29 is 63.6 Å². The molecule has 0 saturated heterocycles. The number of amides is 6. The summed E-state index contributed by atoms with van der Waals surface area (Å²) >= 11 is 3.88. The number of carbonyl (C=O) groups excluding carboxylic acids is 5. The molecular weight excluding hydrogens is 785 g/mol. The fourth-order valence-electron chi connectivity index (χ4n) is 5.34. The van der Waals surface area contributed by atoms with Gasteiger partial charge in [-0.15, -0.1) is 0 Å². The molecule has 0 heterocycles. The van der Waals surface area contributed by atoms with Gasteiger partial charge in [0.25, 0.3) is 0 Å². The zero-order chi connectivity index (χ0) is 43.6. The molecule has 1 aromatic rings. The minimum Gasteiger partial charge on any atom is -0.481 e. The number of nitrogens with two attached hydrogens (primary N) is 1. The van der Waals surface area contributed by atoms with Gasteiger partial charge in [-0.2, -0.15) is 12.6 Å². The van der Waals surface area contributed by atoms with Crippen LogP contribution in [0.25, 0.3) is 0 Å². The number of amidine groups is 1. The van der Waals surface area contributed by atoms with Crippen molar-refractivity contribution in [3.8, 4) is 0 Å². The van der Waals surface area contributed by atoms with E-state index in [0.717, 1.165) is 0 Å². The van der Waals surface area contributed by atoms with Crippen LogP contribution in [0.2, 0.25) is 0 Å². The Morgan fingerprint density at radius 2 is 1.22 bits per heavy atom. The number of carbonyl (C=O) groups is 9. The van der Waals surface area contributed by atoms with Gasteiger partial charge < -0.3 is 58.1 Å². The van der Waals surface area contributed by atoms with E-state index < -0.39 is 90.4 Å². The first kappa shape index (κ1) is 50.1. The molecule has 0 unspecified atom stereocenters. The summed E-state index contributed by atoms with van der Waals surface area (Å²) in [6.45, 7) is 0.431. The highest BCUT2D eigenvalue weighted by atomic mass is 32.1. The van der Waals surface area contributed by atoms with Crippen LogP contribution in [0, 0.1) is 11.3 Å². The first-order valence-electron chi connectivity index (χ1n) is 18.5. The van der Waals surface area contributed by atoms with E-state index in [9.17, 15) is 58.5 Å². The fourth-order valence-corrected chi connectivity index (χ4v) is 5.59. The van der Waals surface area contributed by atoms with E-state index in [4.69, 9.17) is 16.2 Å². The van der Waals surface area contributed by atoms with Crippen molar-refractivity contribution >= 4 is 72.0 Å². The Bertz CT molecular complexity index is 1600. The molecule has 322 valence electrons. The van der Waals surface area contributed by atoms with Crippen LogP contribution in [0.4, 0.5) is 9.59 Å². The maximum atomic E-state index is 13.4. The third-order valence-corrected chi connectivity index (χ3v) is 8.82. The predicted molar refractivity (Wildman–Crippen MR) is 210 cm³/mol. The summed E-state index contributed by atoms with van der Waals surface area (Å²) in [5.41, 5.74) is 6.67. The lowest BCUT2D eigenvalue weighted by Gasteiger charge is -2.22. The molecule has 0 radical (unpaired) electrons. The lowest BCUT2D eigenvalue weighted by atomic mass is 9.92. The molecular formula is C36H54N8O13S. The molecule has 22 heteroatoms. The number of hydrogen-bond acceptors (Lipinski definition) is 11. The molecule has 0 fully saturated rings. The number of nitrogens with one attached hydrogen (secondary N) is 7. The summed E-state index contributed by atoms with van der Waals surface area (Å²) in [5.74, 6) is -8.92. The molecule has 13 N–H and O–H groups in total. The van der Waals surface area contributed by atoms with Crippen LogP contribution < -0.4 is 37.6 Å². The van der Waals surface area contributed by atoms with Crippen LogP contribution in [-0.2, 0) is 46.5 Å². The number of Topliss-reactive ketones (excluding diaryl/α,β-unsaturated/α-hetero) is 1. The van der Waals surface area contributed by atoms with Gasteiger partial charge in [-0.1, -0.05) is 30.7 Å².